The van der Waals surface area contributed by atoms with Crippen LogP contribution in [-0.4, -0.2) is 34.0 Å². The third-order valence-corrected chi connectivity index (χ3v) is 2.64. The van der Waals surface area contributed by atoms with Crippen molar-refractivity contribution in [3.63, 3.8) is 0 Å². The summed E-state index contributed by atoms with van der Waals surface area (Å²) in [5.41, 5.74) is 0.908. The van der Waals surface area contributed by atoms with Crippen LogP contribution in [0.2, 0.25) is 5.28 Å². The first-order chi connectivity index (χ1) is 9.06. The lowest BCUT2D eigenvalue weighted by Gasteiger charge is -2.15. The number of halogens is 1. The molecule has 0 amide bonds. The number of rotatable bonds is 4. The molecule has 1 atom stereocenters. The monoisotopic (exact) mass is 278 g/mol. The van der Waals surface area contributed by atoms with E-state index in [1.54, 1.807) is 11.1 Å². The molecule has 2 aromatic heterocycles. The van der Waals surface area contributed by atoms with E-state index in [0.29, 0.717) is 11.9 Å². The first-order valence-corrected chi connectivity index (χ1v) is 6.20. The van der Waals surface area contributed by atoms with E-state index in [-0.39, 0.29) is 11.3 Å². The molecule has 0 aliphatic carbocycles. The van der Waals surface area contributed by atoms with E-state index >= 15 is 0 Å². The number of nitrogens with one attached hydrogen (secondary N) is 1. The van der Waals surface area contributed by atoms with Crippen molar-refractivity contribution in [2.24, 2.45) is 0 Å². The number of hydrogen-bond acceptors (Lipinski definition) is 6. The first-order valence-electron chi connectivity index (χ1n) is 5.82. The highest BCUT2D eigenvalue weighted by atomic mass is 35.5. The lowest BCUT2D eigenvalue weighted by molar-refractivity contribution is 0.814. The minimum atomic E-state index is -0.0188. The van der Waals surface area contributed by atoms with Crippen LogP contribution in [0.5, 0.6) is 0 Å². The van der Waals surface area contributed by atoms with Crippen molar-refractivity contribution >= 4 is 23.5 Å². The second-order valence-corrected chi connectivity index (χ2v) is 4.58. The van der Waals surface area contributed by atoms with Crippen molar-refractivity contribution in [1.82, 2.24) is 19.9 Å². The maximum absolute atomic E-state index is 5.88. The van der Waals surface area contributed by atoms with Gasteiger partial charge in [-0.15, -0.1) is 0 Å². The molecule has 0 bridgehead atoms. The van der Waals surface area contributed by atoms with Gasteiger partial charge in [0.15, 0.2) is 0 Å². The second-order valence-electron chi connectivity index (χ2n) is 4.24. The maximum Gasteiger partial charge on any atom is 0.230 e. The van der Waals surface area contributed by atoms with Gasteiger partial charge < -0.3 is 10.2 Å². The topological polar surface area (TPSA) is 66.8 Å². The minimum absolute atomic E-state index is 0.0188. The second kappa shape index (κ2) is 5.79. The molecule has 100 valence electrons. The Bertz CT molecular complexity index is 545. The molecule has 0 saturated carbocycles. The summed E-state index contributed by atoms with van der Waals surface area (Å²) in [5.74, 6) is 0.942. The standard InChI is InChI=1S/C12H15ClN6/c1-8(9-6-4-5-7-14-9)15-11-16-10(13)17-12(18-11)19(2)3/h4-8H,1-3H3,(H,15,16,17,18). The Hall–Kier alpha value is -1.95. The molecule has 0 radical (unpaired) electrons. The fourth-order valence-electron chi connectivity index (χ4n) is 1.50. The summed E-state index contributed by atoms with van der Waals surface area (Å²) in [5, 5.41) is 3.32. The molecule has 1 unspecified atom stereocenters. The van der Waals surface area contributed by atoms with Gasteiger partial charge in [-0.3, -0.25) is 4.98 Å². The summed E-state index contributed by atoms with van der Waals surface area (Å²) < 4.78 is 0. The maximum atomic E-state index is 5.88. The molecule has 2 heterocycles. The van der Waals surface area contributed by atoms with Gasteiger partial charge in [-0.25, -0.2) is 0 Å². The van der Waals surface area contributed by atoms with E-state index in [1.807, 2.05) is 39.2 Å². The van der Waals surface area contributed by atoms with Gasteiger partial charge in [0, 0.05) is 20.3 Å². The van der Waals surface area contributed by atoms with E-state index < -0.39 is 0 Å². The van der Waals surface area contributed by atoms with Gasteiger partial charge in [0.05, 0.1) is 11.7 Å². The molecule has 0 fully saturated rings. The smallest absolute Gasteiger partial charge is 0.230 e. The molecular weight excluding hydrogens is 264 g/mol. The molecular formula is C12H15ClN6. The predicted molar refractivity (Wildman–Crippen MR) is 75.4 cm³/mol. The van der Waals surface area contributed by atoms with Gasteiger partial charge in [-0.1, -0.05) is 6.07 Å². The molecule has 2 rings (SSSR count). The molecule has 0 aliphatic heterocycles. The van der Waals surface area contributed by atoms with E-state index in [1.165, 1.54) is 0 Å². The molecule has 2 aromatic rings. The van der Waals surface area contributed by atoms with Gasteiger partial charge in [0.1, 0.15) is 0 Å². The van der Waals surface area contributed by atoms with Crippen LogP contribution in [0.1, 0.15) is 18.7 Å². The van der Waals surface area contributed by atoms with Crippen LogP contribution >= 0.6 is 11.6 Å². The lowest BCUT2D eigenvalue weighted by Crippen LogP contribution is -2.16. The Labute approximate surface area is 116 Å². The summed E-state index contributed by atoms with van der Waals surface area (Å²) >= 11 is 5.88. The Balaban J connectivity index is 2.19. The van der Waals surface area contributed by atoms with Crippen molar-refractivity contribution in [2.45, 2.75) is 13.0 Å². The van der Waals surface area contributed by atoms with Crippen LogP contribution in [0.4, 0.5) is 11.9 Å². The zero-order valence-electron chi connectivity index (χ0n) is 11.0. The molecule has 6 nitrogen and oxygen atoms in total. The average Bonchev–Trinajstić information content (AvgIpc) is 2.39. The van der Waals surface area contributed by atoms with Crippen LogP contribution in [0.25, 0.3) is 0 Å². The number of hydrogen-bond donors (Lipinski definition) is 1. The molecule has 1 N–H and O–H groups in total. The van der Waals surface area contributed by atoms with Gasteiger partial charge in [-0.05, 0) is 30.7 Å². The van der Waals surface area contributed by atoms with Gasteiger partial charge >= 0.3 is 0 Å². The van der Waals surface area contributed by atoms with Crippen molar-refractivity contribution < 1.29 is 0 Å². The summed E-state index contributed by atoms with van der Waals surface area (Å²) in [7, 11) is 3.69. The zero-order chi connectivity index (χ0) is 13.8. The quantitative estimate of drug-likeness (QED) is 0.924. The highest BCUT2D eigenvalue weighted by Gasteiger charge is 2.11. The predicted octanol–water partition coefficient (Wildman–Crippen LogP) is 2.16. The molecule has 7 heteroatoms. The van der Waals surface area contributed by atoms with Crippen molar-refractivity contribution in [3.05, 3.63) is 35.4 Å². The molecule has 0 aliphatic rings. The lowest BCUT2D eigenvalue weighted by atomic mass is 10.2. The molecule has 19 heavy (non-hydrogen) atoms. The van der Waals surface area contributed by atoms with E-state index in [0.717, 1.165) is 5.69 Å². The van der Waals surface area contributed by atoms with E-state index in [4.69, 9.17) is 11.6 Å². The normalized spacial score (nSPS) is 12.0. The summed E-state index contributed by atoms with van der Waals surface area (Å²) in [6.45, 7) is 1.98. The van der Waals surface area contributed by atoms with E-state index in [9.17, 15) is 0 Å². The number of anilines is 2. The molecule has 0 aromatic carbocycles. The third kappa shape index (κ3) is 3.51. The van der Waals surface area contributed by atoms with Gasteiger partial charge in [0.2, 0.25) is 17.2 Å². The van der Waals surface area contributed by atoms with Crippen LogP contribution in [-0.2, 0) is 0 Å². The van der Waals surface area contributed by atoms with Crippen LogP contribution in [0, 0.1) is 0 Å². The first kappa shape index (κ1) is 13.5. The minimum Gasteiger partial charge on any atom is -0.347 e. The number of nitrogens with zero attached hydrogens (tertiary/aromatic N) is 5. The van der Waals surface area contributed by atoms with Gasteiger partial charge in [0.25, 0.3) is 0 Å². The van der Waals surface area contributed by atoms with E-state index in [2.05, 4.69) is 25.3 Å². The average molecular weight is 279 g/mol. The van der Waals surface area contributed by atoms with Crippen LogP contribution in [0.3, 0.4) is 0 Å². The Morgan fingerprint density at radius 2 is 2.00 bits per heavy atom. The summed E-state index contributed by atoms with van der Waals surface area (Å²) in [6.07, 6.45) is 1.75. The number of aromatic nitrogens is 4. The van der Waals surface area contributed by atoms with Crippen molar-refractivity contribution in [3.8, 4) is 0 Å². The van der Waals surface area contributed by atoms with Gasteiger partial charge in [-0.2, -0.15) is 15.0 Å². The third-order valence-electron chi connectivity index (χ3n) is 2.47. The highest BCUT2D eigenvalue weighted by Crippen LogP contribution is 2.17. The van der Waals surface area contributed by atoms with Crippen molar-refractivity contribution in [1.29, 1.82) is 0 Å². The highest BCUT2D eigenvalue weighted by molar-refractivity contribution is 6.28. The largest absolute Gasteiger partial charge is 0.347 e. The van der Waals surface area contributed by atoms with Crippen LogP contribution < -0.4 is 10.2 Å². The molecule has 0 spiro atoms. The van der Waals surface area contributed by atoms with Crippen LogP contribution in [0.15, 0.2) is 24.4 Å². The molecule has 0 saturated heterocycles. The summed E-state index contributed by atoms with van der Waals surface area (Å²) in [4.78, 5) is 18.4. The Morgan fingerprint density at radius 3 is 2.63 bits per heavy atom. The fourth-order valence-corrected chi connectivity index (χ4v) is 1.66. The summed E-state index contributed by atoms with van der Waals surface area (Å²) in [6, 6.07) is 5.73. The zero-order valence-corrected chi connectivity index (χ0v) is 11.8. The SMILES string of the molecule is CC(Nc1nc(Cl)nc(N(C)C)n1)c1ccccn1. The Morgan fingerprint density at radius 1 is 1.21 bits per heavy atom. The number of pyridine rings is 1. The van der Waals surface area contributed by atoms with Crippen molar-refractivity contribution in [2.75, 3.05) is 24.3 Å². The fraction of sp³-hybridized carbons (Fsp3) is 0.333. The Kier molecular flexibility index (Phi) is 4.11.